The standard InChI is InChI=1S/C29H52N2O5/c30-29-20-22(14-16-31-29)7-4-18-36-28-19-23(11-13-27(28)35)10-12-26(34)24-8-3-6-21(15-17-32)5-1-2-9-25(24)33/h21-29,31-35H,1-2,4-5,7-20,30H2/p+1/t21-,22?,23?,24+,25-,26+,27?,28?,29?/m0/s1. The Morgan fingerprint density at radius 1 is 0.944 bits per heavy atom. The second-order valence-electron chi connectivity index (χ2n) is 11.8. The lowest BCUT2D eigenvalue weighted by atomic mass is 9.79. The quantitative estimate of drug-likeness (QED) is 0.185. The van der Waals surface area contributed by atoms with Crippen molar-refractivity contribution in [3.8, 4) is 11.8 Å². The van der Waals surface area contributed by atoms with Crippen molar-refractivity contribution in [2.45, 2.75) is 127 Å². The zero-order valence-corrected chi connectivity index (χ0v) is 22.3. The van der Waals surface area contributed by atoms with Gasteiger partial charge in [0.15, 0.2) is 0 Å². The van der Waals surface area contributed by atoms with Crippen molar-refractivity contribution in [3.05, 3.63) is 0 Å². The van der Waals surface area contributed by atoms with E-state index in [4.69, 9.17) is 10.5 Å². The van der Waals surface area contributed by atoms with E-state index in [9.17, 15) is 20.4 Å². The third kappa shape index (κ3) is 10.2. The molecule has 0 aromatic heterocycles. The summed E-state index contributed by atoms with van der Waals surface area (Å²) in [7, 11) is 0. The normalized spacial score (nSPS) is 37.0. The summed E-state index contributed by atoms with van der Waals surface area (Å²) in [4.78, 5) is 0. The Bertz CT molecular complexity index is 668. The van der Waals surface area contributed by atoms with E-state index < -0.39 is 18.3 Å². The summed E-state index contributed by atoms with van der Waals surface area (Å²) in [5.41, 5.74) is 6.06. The van der Waals surface area contributed by atoms with Gasteiger partial charge in [0.25, 0.3) is 0 Å². The average Bonchev–Trinajstić information content (AvgIpc) is 2.86. The van der Waals surface area contributed by atoms with Crippen LogP contribution in [0.1, 0.15) is 96.3 Å². The van der Waals surface area contributed by atoms with Crippen molar-refractivity contribution >= 4 is 0 Å². The van der Waals surface area contributed by atoms with Gasteiger partial charge in [-0.25, -0.2) is 0 Å². The molecule has 208 valence electrons. The van der Waals surface area contributed by atoms with Crippen LogP contribution in [0.3, 0.4) is 0 Å². The molecule has 9 atom stereocenters. The zero-order chi connectivity index (χ0) is 25.8. The van der Waals surface area contributed by atoms with Crippen LogP contribution in [-0.2, 0) is 4.74 Å². The first-order valence-electron chi connectivity index (χ1n) is 14.8. The topological polar surface area (TPSA) is 133 Å². The Balaban J connectivity index is 1.40. The van der Waals surface area contributed by atoms with Gasteiger partial charge < -0.3 is 30.5 Å². The molecule has 0 aromatic rings. The molecule has 5 unspecified atom stereocenters. The first kappa shape index (κ1) is 29.8. The van der Waals surface area contributed by atoms with Gasteiger partial charge in [-0.15, -0.1) is 5.92 Å². The van der Waals surface area contributed by atoms with Crippen LogP contribution in [0.4, 0.5) is 0 Å². The predicted octanol–water partition coefficient (Wildman–Crippen LogP) is 1.66. The predicted molar refractivity (Wildman–Crippen MR) is 141 cm³/mol. The second kappa shape index (κ2) is 16.3. The zero-order valence-electron chi connectivity index (χ0n) is 22.3. The Kier molecular flexibility index (Phi) is 13.5. The van der Waals surface area contributed by atoms with E-state index in [1.54, 1.807) is 0 Å². The van der Waals surface area contributed by atoms with E-state index in [0.717, 1.165) is 70.8 Å². The van der Waals surface area contributed by atoms with Crippen molar-refractivity contribution in [2.75, 3.05) is 19.8 Å². The molecule has 1 saturated carbocycles. The van der Waals surface area contributed by atoms with Crippen molar-refractivity contribution in [3.63, 3.8) is 0 Å². The summed E-state index contributed by atoms with van der Waals surface area (Å²) in [6.45, 7) is 1.97. The number of hydrogen-bond acceptors (Lipinski definition) is 6. The van der Waals surface area contributed by atoms with Crippen LogP contribution < -0.4 is 11.1 Å². The van der Waals surface area contributed by atoms with Gasteiger partial charge in [0.1, 0.15) is 6.17 Å². The fourth-order valence-corrected chi connectivity index (χ4v) is 6.52. The Hall–Kier alpha value is -0.720. The molecular weight excluding hydrogens is 456 g/mol. The molecule has 7 nitrogen and oxygen atoms in total. The van der Waals surface area contributed by atoms with E-state index in [0.29, 0.717) is 44.1 Å². The maximum atomic E-state index is 11.0. The van der Waals surface area contributed by atoms with Crippen LogP contribution >= 0.6 is 0 Å². The molecule has 36 heavy (non-hydrogen) atoms. The molecule has 0 radical (unpaired) electrons. The number of quaternary nitrogens is 1. The molecule has 2 aliphatic carbocycles. The highest BCUT2D eigenvalue weighted by molar-refractivity contribution is 5.06. The number of aliphatic hydroxyl groups is 4. The van der Waals surface area contributed by atoms with Crippen LogP contribution in [0.15, 0.2) is 0 Å². The molecule has 2 fully saturated rings. The summed E-state index contributed by atoms with van der Waals surface area (Å²) in [5, 5.41) is 43.7. The fraction of sp³-hybridized carbons (Fsp3) is 0.931. The third-order valence-electron chi connectivity index (χ3n) is 8.89. The van der Waals surface area contributed by atoms with Crippen LogP contribution in [0.25, 0.3) is 0 Å². The highest BCUT2D eigenvalue weighted by atomic mass is 16.5. The van der Waals surface area contributed by atoms with Crippen molar-refractivity contribution in [1.82, 2.24) is 0 Å². The van der Waals surface area contributed by atoms with Crippen molar-refractivity contribution < 1.29 is 30.5 Å². The largest absolute Gasteiger partial charge is 0.396 e. The van der Waals surface area contributed by atoms with E-state index in [2.05, 4.69) is 17.2 Å². The number of hydrogen-bond donors (Lipinski definition) is 6. The minimum absolute atomic E-state index is 0.114. The maximum Gasteiger partial charge on any atom is 0.137 e. The number of aliphatic hydroxyl groups excluding tert-OH is 4. The Morgan fingerprint density at radius 3 is 2.56 bits per heavy atom. The van der Waals surface area contributed by atoms with E-state index >= 15 is 0 Å². The maximum absolute atomic E-state index is 11.0. The lowest BCUT2D eigenvalue weighted by molar-refractivity contribution is -0.699. The first-order valence-corrected chi connectivity index (χ1v) is 14.8. The minimum Gasteiger partial charge on any atom is -0.396 e. The number of rotatable bonds is 11. The lowest BCUT2D eigenvalue weighted by Gasteiger charge is -2.34. The van der Waals surface area contributed by atoms with Gasteiger partial charge in [0.05, 0.1) is 31.0 Å². The summed E-state index contributed by atoms with van der Waals surface area (Å²) in [5.74, 6) is 7.60. The smallest absolute Gasteiger partial charge is 0.137 e. The van der Waals surface area contributed by atoms with Gasteiger partial charge in [-0.1, -0.05) is 18.8 Å². The van der Waals surface area contributed by atoms with Gasteiger partial charge in [0.2, 0.25) is 0 Å². The number of piperidine rings is 1. The van der Waals surface area contributed by atoms with Crippen molar-refractivity contribution in [2.24, 2.45) is 29.4 Å². The molecule has 0 aromatic carbocycles. The molecule has 3 rings (SSSR count). The summed E-state index contributed by atoms with van der Waals surface area (Å²) in [6, 6.07) is 0. The molecule has 1 aliphatic heterocycles. The van der Waals surface area contributed by atoms with Crippen LogP contribution in [0, 0.1) is 35.5 Å². The van der Waals surface area contributed by atoms with Crippen LogP contribution in [0.2, 0.25) is 0 Å². The fourth-order valence-electron chi connectivity index (χ4n) is 6.52. The Labute approximate surface area is 218 Å². The van der Waals surface area contributed by atoms with Crippen molar-refractivity contribution in [1.29, 1.82) is 0 Å². The van der Waals surface area contributed by atoms with E-state index in [1.165, 1.54) is 6.42 Å². The molecule has 7 heteroatoms. The van der Waals surface area contributed by atoms with Crippen LogP contribution in [0.5, 0.6) is 0 Å². The van der Waals surface area contributed by atoms with E-state index in [-0.39, 0.29) is 30.7 Å². The van der Waals surface area contributed by atoms with Gasteiger partial charge in [-0.3, -0.25) is 5.73 Å². The molecule has 0 amide bonds. The minimum atomic E-state index is -0.574. The molecule has 0 bridgehead atoms. The monoisotopic (exact) mass is 509 g/mol. The van der Waals surface area contributed by atoms with Gasteiger partial charge in [-0.05, 0) is 82.5 Å². The molecule has 0 spiro atoms. The summed E-state index contributed by atoms with van der Waals surface area (Å²) in [6.07, 6.45) is 12.0. The van der Waals surface area contributed by atoms with Crippen LogP contribution in [-0.4, -0.2) is 70.8 Å². The molecule has 8 N–H and O–H groups in total. The van der Waals surface area contributed by atoms with E-state index in [1.807, 2.05) is 0 Å². The molecule has 3 aliphatic rings. The Morgan fingerprint density at radius 2 is 1.75 bits per heavy atom. The molecule has 1 heterocycles. The molecule has 1 saturated heterocycles. The highest BCUT2D eigenvalue weighted by Gasteiger charge is 2.32. The SMILES string of the molecule is NC1CC(CCCOC2CC(CC[C@@H](O)[C@@H]3CC#C[C@@H](CCO)CCCC[C@@H]3O)CCC2O)CC[NH2+]1. The third-order valence-corrected chi connectivity index (χ3v) is 8.89. The lowest BCUT2D eigenvalue weighted by Crippen LogP contribution is -2.94. The number of nitrogens with two attached hydrogens (primary N) is 2. The molecular formula is C29H53N2O5+. The van der Waals surface area contributed by atoms with Gasteiger partial charge in [0, 0.05) is 37.9 Å². The van der Waals surface area contributed by atoms with Gasteiger partial charge in [-0.2, -0.15) is 0 Å². The first-order chi connectivity index (χ1) is 17.5. The average molecular weight is 510 g/mol. The number of ether oxygens (including phenoxy) is 1. The summed E-state index contributed by atoms with van der Waals surface area (Å²) >= 11 is 0. The highest BCUT2D eigenvalue weighted by Crippen LogP contribution is 2.32. The van der Waals surface area contributed by atoms with Gasteiger partial charge >= 0.3 is 0 Å². The second-order valence-corrected chi connectivity index (χ2v) is 11.8. The summed E-state index contributed by atoms with van der Waals surface area (Å²) < 4.78 is 6.14.